The van der Waals surface area contributed by atoms with Gasteiger partial charge in [0.1, 0.15) is 11.6 Å². The Morgan fingerprint density at radius 2 is 1.78 bits per heavy atom. The zero-order valence-electron chi connectivity index (χ0n) is 16.5. The van der Waals surface area contributed by atoms with Crippen LogP contribution in [-0.4, -0.2) is 41.2 Å². The van der Waals surface area contributed by atoms with Crippen molar-refractivity contribution < 1.29 is 24.2 Å². The van der Waals surface area contributed by atoms with Gasteiger partial charge in [-0.3, -0.25) is 9.59 Å². The number of amides is 3. The molecule has 0 saturated carbocycles. The Bertz CT molecular complexity index is 668. The molecule has 1 unspecified atom stereocenters. The van der Waals surface area contributed by atoms with Gasteiger partial charge in [-0.15, -0.1) is 0 Å². The number of benzene rings is 1. The van der Waals surface area contributed by atoms with Crippen molar-refractivity contribution in [3.8, 4) is 0 Å². The molecular formula is C19H29N3O5. The smallest absolute Gasteiger partial charge is 0.408 e. The van der Waals surface area contributed by atoms with Gasteiger partial charge in [-0.25, -0.2) is 4.79 Å². The van der Waals surface area contributed by atoms with E-state index in [2.05, 4.69) is 16.0 Å². The van der Waals surface area contributed by atoms with Gasteiger partial charge in [0.2, 0.25) is 11.8 Å². The van der Waals surface area contributed by atoms with Crippen LogP contribution >= 0.6 is 0 Å². The monoisotopic (exact) mass is 379 g/mol. The molecule has 0 spiro atoms. The molecule has 8 nitrogen and oxygen atoms in total. The van der Waals surface area contributed by atoms with Crippen LogP contribution in [0.15, 0.2) is 24.3 Å². The van der Waals surface area contributed by atoms with Crippen LogP contribution in [0.2, 0.25) is 0 Å². The highest BCUT2D eigenvalue weighted by Gasteiger charge is 2.27. The maximum Gasteiger partial charge on any atom is 0.408 e. The van der Waals surface area contributed by atoms with E-state index in [0.29, 0.717) is 11.3 Å². The van der Waals surface area contributed by atoms with Crippen molar-refractivity contribution in [1.29, 1.82) is 0 Å². The number of carbonyl (C=O) groups excluding carboxylic acids is 3. The summed E-state index contributed by atoms with van der Waals surface area (Å²) in [6, 6.07) is 5.99. The van der Waals surface area contributed by atoms with Crippen molar-refractivity contribution in [3.05, 3.63) is 29.8 Å². The Morgan fingerprint density at radius 1 is 1.15 bits per heavy atom. The molecule has 0 saturated heterocycles. The van der Waals surface area contributed by atoms with Crippen molar-refractivity contribution in [3.63, 3.8) is 0 Å². The van der Waals surface area contributed by atoms with E-state index in [9.17, 15) is 19.5 Å². The van der Waals surface area contributed by atoms with E-state index in [-0.39, 0.29) is 19.1 Å². The van der Waals surface area contributed by atoms with Gasteiger partial charge in [-0.05, 0) is 32.8 Å². The number of anilines is 1. The van der Waals surface area contributed by atoms with Gasteiger partial charge in [0.15, 0.2) is 0 Å². The first-order chi connectivity index (χ1) is 12.5. The number of rotatable bonds is 7. The lowest BCUT2D eigenvalue weighted by Gasteiger charge is -2.25. The first kappa shape index (κ1) is 22.4. The molecule has 1 rings (SSSR count). The summed E-state index contributed by atoms with van der Waals surface area (Å²) in [7, 11) is 0. The molecule has 1 aromatic carbocycles. The summed E-state index contributed by atoms with van der Waals surface area (Å²) in [6.45, 7) is 8.26. The molecular weight excluding hydrogens is 350 g/mol. The Kier molecular flexibility index (Phi) is 8.24. The summed E-state index contributed by atoms with van der Waals surface area (Å²) >= 11 is 0. The maximum atomic E-state index is 12.4. The third-order valence-corrected chi connectivity index (χ3v) is 3.51. The van der Waals surface area contributed by atoms with Gasteiger partial charge in [-0.2, -0.15) is 0 Å². The Balaban J connectivity index is 2.61. The molecule has 0 aliphatic rings. The summed E-state index contributed by atoms with van der Waals surface area (Å²) in [4.78, 5) is 36.3. The third-order valence-electron chi connectivity index (χ3n) is 3.51. The van der Waals surface area contributed by atoms with Crippen LogP contribution in [0.25, 0.3) is 0 Å². The van der Waals surface area contributed by atoms with Gasteiger partial charge in [0, 0.05) is 11.3 Å². The van der Waals surface area contributed by atoms with Crippen molar-refractivity contribution in [2.75, 3.05) is 11.9 Å². The fourth-order valence-electron chi connectivity index (χ4n) is 2.22. The standard InChI is InChI=1S/C19H29N3O5/c1-12(2)16(22-18(26)27-19(3,4)5)17(25)20-10-15(24)21-14-9-7-6-8-13(14)11-23/h6-9,12,16,23H,10-11H2,1-5H3,(H,20,25)(H,21,24)(H,22,26). The molecule has 1 aromatic rings. The summed E-state index contributed by atoms with van der Waals surface area (Å²) in [5.74, 6) is -1.12. The molecule has 27 heavy (non-hydrogen) atoms. The summed E-state index contributed by atoms with van der Waals surface area (Å²) in [5.41, 5.74) is 0.373. The SMILES string of the molecule is CC(C)C(NC(=O)OC(C)(C)C)C(=O)NCC(=O)Nc1ccccc1CO. The zero-order chi connectivity index (χ0) is 20.6. The topological polar surface area (TPSA) is 117 Å². The molecule has 0 fully saturated rings. The minimum absolute atomic E-state index is 0.198. The highest BCUT2D eigenvalue weighted by atomic mass is 16.6. The predicted octanol–water partition coefficient (Wildman–Crippen LogP) is 1.78. The fraction of sp³-hybridized carbons (Fsp3) is 0.526. The lowest BCUT2D eigenvalue weighted by Crippen LogP contribution is -2.52. The van der Waals surface area contributed by atoms with Crippen LogP contribution in [0.3, 0.4) is 0 Å². The highest BCUT2D eigenvalue weighted by Crippen LogP contribution is 2.14. The summed E-state index contributed by atoms with van der Waals surface area (Å²) in [6.07, 6.45) is -0.697. The lowest BCUT2D eigenvalue weighted by atomic mass is 10.0. The number of para-hydroxylation sites is 1. The maximum absolute atomic E-state index is 12.4. The van der Waals surface area contributed by atoms with Crippen molar-refractivity contribution in [2.45, 2.75) is 52.9 Å². The number of ether oxygens (including phenoxy) is 1. The number of hydrogen-bond acceptors (Lipinski definition) is 5. The van der Waals surface area contributed by atoms with Gasteiger partial charge in [0.05, 0.1) is 13.2 Å². The fourth-order valence-corrected chi connectivity index (χ4v) is 2.22. The van der Waals surface area contributed by atoms with Crippen molar-refractivity contribution in [2.24, 2.45) is 5.92 Å². The van der Waals surface area contributed by atoms with E-state index < -0.39 is 29.6 Å². The van der Waals surface area contributed by atoms with Crippen molar-refractivity contribution >= 4 is 23.6 Å². The molecule has 0 bridgehead atoms. The van der Waals surface area contributed by atoms with Gasteiger partial charge in [-0.1, -0.05) is 32.0 Å². The van der Waals surface area contributed by atoms with Crippen LogP contribution in [0.5, 0.6) is 0 Å². The minimum Gasteiger partial charge on any atom is -0.444 e. The molecule has 1 atom stereocenters. The van der Waals surface area contributed by atoms with E-state index in [1.54, 1.807) is 58.9 Å². The second kappa shape index (κ2) is 9.91. The number of carbonyl (C=O) groups is 3. The molecule has 0 heterocycles. The number of aliphatic hydroxyl groups excluding tert-OH is 1. The van der Waals surface area contributed by atoms with Gasteiger partial charge >= 0.3 is 6.09 Å². The molecule has 0 radical (unpaired) electrons. The molecule has 150 valence electrons. The minimum atomic E-state index is -0.836. The van der Waals surface area contributed by atoms with E-state index in [4.69, 9.17) is 4.74 Å². The average Bonchev–Trinajstić information content (AvgIpc) is 2.56. The number of aliphatic hydroxyl groups is 1. The average molecular weight is 379 g/mol. The molecule has 3 amide bonds. The van der Waals surface area contributed by atoms with E-state index in [0.717, 1.165) is 0 Å². The summed E-state index contributed by atoms with van der Waals surface area (Å²) < 4.78 is 5.17. The highest BCUT2D eigenvalue weighted by molar-refractivity contribution is 5.96. The quantitative estimate of drug-likeness (QED) is 0.576. The van der Waals surface area contributed by atoms with Crippen LogP contribution in [0.4, 0.5) is 10.5 Å². The van der Waals surface area contributed by atoms with E-state index in [1.165, 1.54) is 0 Å². The number of alkyl carbamates (subject to hydrolysis) is 1. The molecule has 0 aromatic heterocycles. The lowest BCUT2D eigenvalue weighted by molar-refractivity contribution is -0.126. The Hall–Kier alpha value is -2.61. The van der Waals surface area contributed by atoms with Crippen molar-refractivity contribution in [1.82, 2.24) is 10.6 Å². The first-order valence-electron chi connectivity index (χ1n) is 8.79. The Morgan fingerprint density at radius 3 is 2.33 bits per heavy atom. The van der Waals surface area contributed by atoms with Gasteiger partial charge in [0.25, 0.3) is 0 Å². The molecule has 8 heteroatoms. The number of nitrogens with one attached hydrogen (secondary N) is 3. The van der Waals surface area contributed by atoms with Crippen LogP contribution in [0.1, 0.15) is 40.2 Å². The first-order valence-corrected chi connectivity index (χ1v) is 8.79. The second-order valence-electron chi connectivity index (χ2n) is 7.45. The third kappa shape index (κ3) is 8.08. The molecule has 0 aliphatic heterocycles. The molecule has 0 aliphatic carbocycles. The van der Waals surface area contributed by atoms with Crippen LogP contribution in [-0.2, 0) is 20.9 Å². The zero-order valence-corrected chi connectivity index (χ0v) is 16.5. The second-order valence-corrected chi connectivity index (χ2v) is 7.45. The summed E-state index contributed by atoms with van der Waals surface area (Å²) in [5, 5.41) is 16.9. The van der Waals surface area contributed by atoms with Crippen LogP contribution < -0.4 is 16.0 Å². The predicted molar refractivity (Wildman–Crippen MR) is 102 cm³/mol. The Labute approximate surface area is 159 Å². The van der Waals surface area contributed by atoms with Gasteiger partial charge < -0.3 is 25.8 Å². The normalized spacial score (nSPS) is 12.3. The van der Waals surface area contributed by atoms with Crippen LogP contribution in [0, 0.1) is 5.92 Å². The van der Waals surface area contributed by atoms with E-state index >= 15 is 0 Å². The molecule has 4 N–H and O–H groups in total. The largest absolute Gasteiger partial charge is 0.444 e. The van der Waals surface area contributed by atoms with E-state index in [1.807, 2.05) is 0 Å². The number of hydrogen-bond donors (Lipinski definition) is 4.